The monoisotopic (exact) mass is 1010 g/mol. The maximum atomic E-state index is 12.5. The summed E-state index contributed by atoms with van der Waals surface area (Å²) in [4.78, 5) is -1.66. The van der Waals surface area contributed by atoms with E-state index in [1.165, 1.54) is 12.1 Å². The first-order valence-corrected chi connectivity index (χ1v) is 23.6. The number of nitrogens with zero attached hydrogens (tertiary/aromatic N) is 6. The number of rotatable bonds is 12. The molecule has 0 saturated carbocycles. The van der Waals surface area contributed by atoms with E-state index >= 15 is 0 Å². The number of aromatic nitrogens is 6. The second-order valence-corrected chi connectivity index (χ2v) is 19.8. The first kappa shape index (κ1) is 55.2. The Hall–Kier alpha value is -1.12. The smallest absolute Gasteiger partial charge is 0.744 e. The van der Waals surface area contributed by atoms with E-state index in [1.807, 2.05) is 0 Å². The van der Waals surface area contributed by atoms with Crippen molar-refractivity contribution < 1.29 is 197 Å². The van der Waals surface area contributed by atoms with Gasteiger partial charge in [0.1, 0.15) is 63.8 Å². The zero-order valence-corrected chi connectivity index (χ0v) is 45.2. The molecule has 0 spiro atoms. The molecule has 0 fully saturated rings. The molecule has 0 atom stereocenters. The van der Waals surface area contributed by atoms with Gasteiger partial charge in [-0.2, -0.15) is 21.2 Å². The molecule has 0 saturated heterocycles. The van der Waals surface area contributed by atoms with E-state index < -0.39 is 88.2 Å². The third-order valence-electron chi connectivity index (χ3n) is 7.79. The van der Waals surface area contributed by atoms with Crippen molar-refractivity contribution in [2.24, 2.45) is 0 Å². The molecule has 2 aromatic heterocycles. The molecule has 0 unspecified atom stereocenters. The van der Waals surface area contributed by atoms with Crippen LogP contribution >= 0.6 is 12.0 Å². The summed E-state index contributed by atoms with van der Waals surface area (Å²) in [5.41, 5.74) is -1.56. The van der Waals surface area contributed by atoms with Crippen LogP contribution in [0.5, 0.6) is 11.5 Å². The van der Waals surface area contributed by atoms with Crippen LogP contribution in [0, 0.1) is 0 Å². The van der Waals surface area contributed by atoms with Crippen molar-refractivity contribution >= 4 is 106 Å². The van der Waals surface area contributed by atoms with Crippen LogP contribution < -0.4 is 132 Å². The van der Waals surface area contributed by atoms with Crippen molar-refractivity contribution in [3.63, 3.8) is 0 Å². The molecule has 0 bridgehead atoms. The van der Waals surface area contributed by atoms with Crippen LogP contribution in [0.25, 0.3) is 55.0 Å². The topological polar surface area (TPSA) is 361 Å². The minimum absolute atomic E-state index is 0. The molecular formula is C28H16N6Na4O18S6. The summed E-state index contributed by atoms with van der Waals surface area (Å²) in [6, 6.07) is 9.66. The van der Waals surface area contributed by atoms with Gasteiger partial charge in [-0.05, 0) is 36.4 Å². The molecule has 2 heterocycles. The van der Waals surface area contributed by atoms with Crippen molar-refractivity contribution in [3.8, 4) is 22.9 Å². The maximum absolute atomic E-state index is 12.5. The first-order valence-electron chi connectivity index (χ1n) is 15.0. The largest absolute Gasteiger partial charge is 1.00 e. The molecule has 7 rings (SSSR count). The Morgan fingerprint density at radius 1 is 0.532 bits per heavy atom. The second-order valence-electron chi connectivity index (χ2n) is 11.8. The SMILES string of the molecule is CS(=O)(=O)Oc1cc(-n2nc3ccc4c(S(=O)(=O)[O-])cc(S(=O)(=O)[O-])cc4c3n2)c(OS(C)(=O)=O)cc1-n1nc2ccc3c(SOO[O-])cc(S(=O)(=O)[O-])cc3c2n1.[Na+].[Na+].[Na+].[Na+]. The fourth-order valence-electron chi connectivity index (χ4n) is 5.65. The van der Waals surface area contributed by atoms with Gasteiger partial charge in [0.2, 0.25) is 0 Å². The summed E-state index contributed by atoms with van der Waals surface area (Å²) in [6.07, 6.45) is 1.28. The van der Waals surface area contributed by atoms with Crippen LogP contribution in [-0.4, -0.2) is 98.2 Å². The quantitative estimate of drug-likeness (QED) is 0.0274. The average Bonchev–Trinajstić information content (AvgIpc) is 3.73. The van der Waals surface area contributed by atoms with Crippen LogP contribution in [0.15, 0.2) is 80.2 Å². The Balaban J connectivity index is 0.00000256. The fourth-order valence-corrected chi connectivity index (χ4v) is 9.03. The number of fused-ring (bicyclic) bond motifs is 6. The van der Waals surface area contributed by atoms with Gasteiger partial charge in [-0.15, -0.1) is 30.0 Å². The second kappa shape index (κ2) is 20.0. The van der Waals surface area contributed by atoms with Gasteiger partial charge < -0.3 is 27.3 Å². The first-order chi connectivity index (χ1) is 26.8. The van der Waals surface area contributed by atoms with Gasteiger partial charge in [-0.1, -0.05) is 12.1 Å². The summed E-state index contributed by atoms with van der Waals surface area (Å²) in [5.74, 6) is -1.30. The molecule has 0 aliphatic rings. The normalized spacial score (nSPS) is 12.4. The van der Waals surface area contributed by atoms with Gasteiger partial charge in [0.05, 0.1) is 39.2 Å². The summed E-state index contributed by atoms with van der Waals surface area (Å²) in [5, 5.41) is 30.2. The number of hydrogen-bond donors (Lipinski definition) is 0. The van der Waals surface area contributed by atoms with E-state index in [4.69, 9.17) is 8.37 Å². The number of benzene rings is 5. The van der Waals surface area contributed by atoms with Gasteiger partial charge >= 0.3 is 138 Å². The molecule has 24 nitrogen and oxygen atoms in total. The van der Waals surface area contributed by atoms with Crippen molar-refractivity contribution in [2.45, 2.75) is 19.6 Å². The minimum atomic E-state index is -5.39. The number of hydrogen-bond acceptors (Lipinski definition) is 23. The van der Waals surface area contributed by atoms with E-state index in [2.05, 4.69) is 29.8 Å². The third-order valence-corrected chi connectivity index (χ3v) is 11.9. The van der Waals surface area contributed by atoms with Crippen LogP contribution in [-0.2, 0) is 60.0 Å². The van der Waals surface area contributed by atoms with Gasteiger partial charge in [-0.25, -0.2) is 25.3 Å². The summed E-state index contributed by atoms with van der Waals surface area (Å²) < 4.78 is 173. The van der Waals surface area contributed by atoms with Crippen molar-refractivity contribution in [1.29, 1.82) is 0 Å². The molecule has 0 aliphatic carbocycles. The maximum Gasteiger partial charge on any atom is 1.00 e. The van der Waals surface area contributed by atoms with Crippen LogP contribution in [0.1, 0.15) is 0 Å². The molecule has 34 heteroatoms. The van der Waals surface area contributed by atoms with E-state index in [0.717, 1.165) is 47.3 Å². The average molecular weight is 1010 g/mol. The van der Waals surface area contributed by atoms with Crippen LogP contribution in [0.2, 0.25) is 0 Å². The third kappa shape index (κ3) is 11.9. The molecule has 0 aliphatic heterocycles. The van der Waals surface area contributed by atoms with Gasteiger partial charge in [-0.3, -0.25) is 5.04 Å². The Labute approximate surface area is 442 Å². The van der Waals surface area contributed by atoms with Crippen molar-refractivity contribution in [1.82, 2.24) is 30.0 Å². The molecule has 0 amide bonds. The Morgan fingerprint density at radius 3 is 1.35 bits per heavy atom. The Kier molecular flexibility index (Phi) is 17.8. The van der Waals surface area contributed by atoms with Crippen LogP contribution in [0.3, 0.4) is 0 Å². The molecule has 5 aromatic carbocycles. The van der Waals surface area contributed by atoms with Gasteiger partial charge in [0.25, 0.3) is 0 Å². The summed E-state index contributed by atoms with van der Waals surface area (Å²) in [7, 11) is -24.8. The van der Waals surface area contributed by atoms with E-state index in [9.17, 15) is 61.0 Å². The Morgan fingerprint density at radius 2 is 0.952 bits per heavy atom. The van der Waals surface area contributed by atoms with Crippen molar-refractivity contribution in [3.05, 3.63) is 60.7 Å². The Bertz CT molecular complexity index is 3500. The standard InChI is InChI=1S/C28H20N6O18S6.4Na/c1-54(36,37)49-23-12-22(34-30-20-6-4-16-18(28(20)32-34)8-14(57(43,44)45)10-26(16)58(46,47)48)24(50-55(2,38)39)11-21(23)33-29-19-5-3-15-17(27(19)31-33)7-13(56(40,41)42)9-25(15)53-52-51-35;;;;/h3-12,35H,1-2H3,(H,40,41,42)(H,43,44,45)(H,46,47,48);;;;/q;4*+1/p-4. The molecule has 7 aromatic rings. The zero-order chi connectivity index (χ0) is 42.3. The molecule has 0 radical (unpaired) electrons. The zero-order valence-electron chi connectivity index (χ0n) is 32.3. The summed E-state index contributed by atoms with van der Waals surface area (Å²) >= 11 is 0.264. The van der Waals surface area contributed by atoms with E-state index in [0.29, 0.717) is 23.4 Å². The van der Waals surface area contributed by atoms with Crippen molar-refractivity contribution in [2.75, 3.05) is 12.5 Å². The molecular weight excluding hydrogens is 993 g/mol. The summed E-state index contributed by atoms with van der Waals surface area (Å²) in [6.45, 7) is 0. The van der Waals surface area contributed by atoms with E-state index in [-0.39, 0.29) is 179 Å². The van der Waals surface area contributed by atoms with Gasteiger partial charge in [0, 0.05) is 38.6 Å². The van der Waals surface area contributed by atoms with Crippen LogP contribution in [0.4, 0.5) is 0 Å². The molecule has 306 valence electrons. The molecule has 0 N–H and O–H groups in total. The van der Waals surface area contributed by atoms with Gasteiger partial charge in [0.15, 0.2) is 11.5 Å². The van der Waals surface area contributed by atoms with E-state index in [1.54, 1.807) is 0 Å². The minimum Gasteiger partial charge on any atom is -0.744 e. The predicted molar refractivity (Wildman–Crippen MR) is 189 cm³/mol. The fraction of sp³-hybridized carbons (Fsp3) is 0.0714. The molecule has 62 heavy (non-hydrogen) atoms. The predicted octanol–water partition coefficient (Wildman–Crippen LogP) is -11.9.